The van der Waals surface area contributed by atoms with E-state index in [0.29, 0.717) is 13.2 Å². The quantitative estimate of drug-likeness (QED) is 0.312. The second kappa shape index (κ2) is 6.92. The second-order valence-corrected chi connectivity index (χ2v) is 2.01. The van der Waals surface area contributed by atoms with Crippen molar-refractivity contribution in [2.75, 3.05) is 40.9 Å². The Morgan fingerprint density at radius 2 is 2.20 bits per heavy atom. The van der Waals surface area contributed by atoms with E-state index in [4.69, 9.17) is 4.74 Å². The summed E-state index contributed by atoms with van der Waals surface area (Å²) >= 11 is 0. The number of nitrogens with zero attached hydrogens (tertiary/aromatic N) is 1. The van der Waals surface area contributed by atoms with Crippen LogP contribution in [0, 0.1) is 0 Å². The van der Waals surface area contributed by atoms with Gasteiger partial charge in [0, 0.05) is 13.7 Å². The largest absolute Gasteiger partial charge is 0.359 e. The van der Waals surface area contributed by atoms with Gasteiger partial charge in [0.05, 0.1) is 6.61 Å². The minimum absolute atomic E-state index is 0.278. The molecular weight excluding hydrogens is 136 g/mol. The Balaban J connectivity index is 2.89. The summed E-state index contributed by atoms with van der Waals surface area (Å²) in [6.45, 7) is 0.949. The SMILES string of the molecule is COCOCCN(C)C[18F]. The van der Waals surface area contributed by atoms with E-state index in [0.717, 1.165) is 0 Å². The van der Waals surface area contributed by atoms with Crippen molar-refractivity contribution in [3.05, 3.63) is 0 Å². The first-order valence-electron chi connectivity index (χ1n) is 3.12. The molecule has 0 aliphatic rings. The Bertz CT molecular complexity index is 72.8. The molecule has 0 unspecified atom stereocenters. The molecule has 0 aromatic rings. The predicted molar refractivity (Wildman–Crippen MR) is 36.4 cm³/mol. The smallest absolute Gasteiger partial charge is 0.146 e. The van der Waals surface area contributed by atoms with Crippen molar-refractivity contribution in [2.45, 2.75) is 0 Å². The number of methoxy groups -OCH3 is 1. The van der Waals surface area contributed by atoms with E-state index >= 15 is 0 Å². The van der Waals surface area contributed by atoms with E-state index < -0.39 is 6.80 Å². The lowest BCUT2D eigenvalue weighted by Crippen LogP contribution is -2.22. The summed E-state index contributed by atoms with van der Waals surface area (Å²) in [5.41, 5.74) is 0. The van der Waals surface area contributed by atoms with Gasteiger partial charge in [-0.15, -0.1) is 0 Å². The fraction of sp³-hybridized carbons (Fsp3) is 1.00. The molecule has 0 fully saturated rings. The zero-order valence-electron chi connectivity index (χ0n) is 6.47. The molecule has 0 saturated carbocycles. The van der Waals surface area contributed by atoms with E-state index in [1.165, 1.54) is 4.90 Å². The maximum Gasteiger partial charge on any atom is 0.146 e. The van der Waals surface area contributed by atoms with Gasteiger partial charge in [-0.05, 0) is 7.05 Å². The second-order valence-electron chi connectivity index (χ2n) is 2.01. The Hall–Kier alpha value is -0.190. The minimum Gasteiger partial charge on any atom is -0.359 e. The fourth-order valence-electron chi connectivity index (χ4n) is 0.422. The lowest BCUT2D eigenvalue weighted by molar-refractivity contribution is -0.0369. The highest BCUT2D eigenvalue weighted by atomic mass is 18.2. The zero-order chi connectivity index (χ0) is 7.82. The van der Waals surface area contributed by atoms with Crippen LogP contribution < -0.4 is 0 Å². The van der Waals surface area contributed by atoms with Crippen LogP contribution in [-0.2, 0) is 9.47 Å². The third kappa shape index (κ3) is 5.94. The van der Waals surface area contributed by atoms with Crippen LogP contribution in [0.15, 0.2) is 0 Å². The van der Waals surface area contributed by atoms with Gasteiger partial charge in [-0.25, -0.2) is 4.39 Å². The van der Waals surface area contributed by atoms with Crippen molar-refractivity contribution in [1.29, 1.82) is 0 Å². The molecule has 0 aliphatic heterocycles. The molecule has 0 aromatic heterocycles. The van der Waals surface area contributed by atoms with Crippen molar-refractivity contribution in [2.24, 2.45) is 0 Å². The molecule has 0 saturated heterocycles. The number of rotatable bonds is 6. The maximum atomic E-state index is 11.7. The molecule has 0 spiro atoms. The number of ether oxygens (including phenoxy) is 2. The molecule has 0 radical (unpaired) electrons. The van der Waals surface area contributed by atoms with Gasteiger partial charge in [0.25, 0.3) is 0 Å². The van der Waals surface area contributed by atoms with Gasteiger partial charge in [0.1, 0.15) is 13.6 Å². The summed E-state index contributed by atoms with van der Waals surface area (Å²) in [5.74, 6) is 0. The molecule has 0 N–H and O–H groups in total. The van der Waals surface area contributed by atoms with Gasteiger partial charge < -0.3 is 9.47 Å². The van der Waals surface area contributed by atoms with Crippen molar-refractivity contribution in [3.8, 4) is 0 Å². The average molecular weight is 150 g/mol. The number of likely N-dealkylation sites (N-methyl/N-ethyl adjacent to an activating group) is 1. The standard InChI is InChI=1S/C6H14FNO2/c1-8(5-7)3-4-10-6-9-2/h3-6H2,1-2H3/i7-1. The van der Waals surface area contributed by atoms with Crippen molar-refractivity contribution >= 4 is 0 Å². The van der Waals surface area contributed by atoms with E-state index in [9.17, 15) is 4.39 Å². The summed E-state index contributed by atoms with van der Waals surface area (Å²) in [5, 5.41) is 0. The highest BCUT2D eigenvalue weighted by Gasteiger charge is 1.94. The highest BCUT2D eigenvalue weighted by Crippen LogP contribution is 1.82. The molecule has 0 aliphatic carbocycles. The van der Waals surface area contributed by atoms with E-state index in [1.54, 1.807) is 14.2 Å². The number of halogens is 1. The molecule has 62 valence electrons. The lowest BCUT2D eigenvalue weighted by atomic mass is 10.6. The van der Waals surface area contributed by atoms with Gasteiger partial charge in [0.2, 0.25) is 0 Å². The molecule has 0 aromatic carbocycles. The van der Waals surface area contributed by atoms with Crippen molar-refractivity contribution in [3.63, 3.8) is 0 Å². The molecule has 0 atom stereocenters. The monoisotopic (exact) mass is 150 g/mol. The van der Waals surface area contributed by atoms with Gasteiger partial charge >= 0.3 is 0 Å². The third-order valence-electron chi connectivity index (χ3n) is 1.02. The van der Waals surface area contributed by atoms with Crippen molar-refractivity contribution < 1.29 is 13.9 Å². The molecular formula is C6H14FNO2. The van der Waals surface area contributed by atoms with Crippen LogP contribution in [0.2, 0.25) is 0 Å². The Kier molecular flexibility index (Phi) is 6.79. The summed E-state index contributed by atoms with van der Waals surface area (Å²) in [6.07, 6.45) is 0. The first kappa shape index (κ1) is 9.81. The van der Waals surface area contributed by atoms with E-state index in [1.807, 2.05) is 0 Å². The summed E-state index contributed by atoms with van der Waals surface area (Å²) in [4.78, 5) is 1.52. The van der Waals surface area contributed by atoms with Crippen molar-refractivity contribution in [1.82, 2.24) is 4.90 Å². The molecule has 3 nitrogen and oxygen atoms in total. The normalized spacial score (nSPS) is 10.8. The van der Waals surface area contributed by atoms with E-state index in [-0.39, 0.29) is 6.79 Å². The minimum atomic E-state index is -0.434. The molecule has 0 heterocycles. The van der Waals surface area contributed by atoms with Crippen LogP contribution in [0.5, 0.6) is 0 Å². The van der Waals surface area contributed by atoms with Crippen LogP contribution in [0.4, 0.5) is 4.39 Å². The Morgan fingerprint density at radius 3 is 2.70 bits per heavy atom. The summed E-state index contributed by atoms with van der Waals surface area (Å²) in [6, 6.07) is 0. The average Bonchev–Trinajstić information content (AvgIpc) is 1.98. The van der Waals surface area contributed by atoms with Crippen LogP contribution in [-0.4, -0.2) is 45.8 Å². The molecule has 4 heteroatoms. The van der Waals surface area contributed by atoms with Gasteiger partial charge in [-0.3, -0.25) is 4.90 Å². The molecule has 0 amide bonds. The zero-order valence-corrected chi connectivity index (χ0v) is 6.47. The maximum absolute atomic E-state index is 11.7. The fourth-order valence-corrected chi connectivity index (χ4v) is 0.422. The van der Waals surface area contributed by atoms with Crippen LogP contribution in [0.3, 0.4) is 0 Å². The molecule has 0 rings (SSSR count). The van der Waals surface area contributed by atoms with Gasteiger partial charge in [-0.2, -0.15) is 0 Å². The first-order chi connectivity index (χ1) is 4.81. The lowest BCUT2D eigenvalue weighted by Gasteiger charge is -2.10. The predicted octanol–water partition coefficient (Wildman–Crippen LogP) is 0.466. The molecule has 10 heavy (non-hydrogen) atoms. The summed E-state index contributed by atoms with van der Waals surface area (Å²) < 4.78 is 21.3. The van der Waals surface area contributed by atoms with Crippen LogP contribution >= 0.6 is 0 Å². The highest BCUT2D eigenvalue weighted by molar-refractivity contribution is 4.40. The number of alkyl halides is 1. The Morgan fingerprint density at radius 1 is 1.50 bits per heavy atom. The third-order valence-corrected chi connectivity index (χ3v) is 1.02. The Labute approximate surface area is 60.7 Å². The summed E-state index contributed by atoms with van der Waals surface area (Å²) in [7, 11) is 3.25. The van der Waals surface area contributed by atoms with Crippen LogP contribution in [0.25, 0.3) is 0 Å². The first-order valence-corrected chi connectivity index (χ1v) is 3.12. The van der Waals surface area contributed by atoms with Crippen LogP contribution in [0.1, 0.15) is 0 Å². The van der Waals surface area contributed by atoms with E-state index in [2.05, 4.69) is 4.74 Å². The van der Waals surface area contributed by atoms with Gasteiger partial charge in [0.15, 0.2) is 0 Å². The molecule has 0 bridgehead atoms. The topological polar surface area (TPSA) is 21.7 Å². The van der Waals surface area contributed by atoms with Gasteiger partial charge in [-0.1, -0.05) is 0 Å². The number of hydrogen-bond acceptors (Lipinski definition) is 3. The number of hydrogen-bond donors (Lipinski definition) is 0.